The van der Waals surface area contributed by atoms with Gasteiger partial charge in [-0.25, -0.2) is 4.79 Å². The number of aryl methyl sites for hydroxylation is 1. The van der Waals surface area contributed by atoms with E-state index in [0.717, 1.165) is 22.6 Å². The molecule has 2 N–H and O–H groups in total. The van der Waals surface area contributed by atoms with Gasteiger partial charge in [-0.2, -0.15) is 4.98 Å². The maximum Gasteiger partial charge on any atom is 0.345 e. The normalized spacial score (nSPS) is 13.5. The molecule has 188 valence electrons. The molecule has 8 heteroatoms. The van der Waals surface area contributed by atoms with Crippen LogP contribution in [-0.2, 0) is 0 Å². The van der Waals surface area contributed by atoms with E-state index < -0.39 is 5.69 Å². The minimum Gasteiger partial charge on any atom is -0.508 e. The molecule has 1 aliphatic rings. The van der Waals surface area contributed by atoms with Crippen LogP contribution in [0.2, 0.25) is 0 Å². The number of H-pyrrole nitrogens is 1. The Hall–Kier alpha value is -4.59. The molecule has 0 spiro atoms. The number of aromatic nitrogens is 2. The summed E-state index contributed by atoms with van der Waals surface area (Å²) in [7, 11) is 1.66. The number of hydrogen-bond acceptors (Lipinski definition) is 6. The van der Waals surface area contributed by atoms with Gasteiger partial charge in [-0.1, -0.05) is 24.3 Å². The lowest BCUT2D eigenvalue weighted by Gasteiger charge is -2.36. The van der Waals surface area contributed by atoms with Crippen LogP contribution in [0.3, 0.4) is 0 Å². The maximum absolute atomic E-state index is 13.3. The zero-order valence-electron chi connectivity index (χ0n) is 20.8. The van der Waals surface area contributed by atoms with Gasteiger partial charge < -0.3 is 24.6 Å². The first-order chi connectivity index (χ1) is 17.9. The number of ether oxygens (including phenoxy) is 1. The zero-order valence-corrected chi connectivity index (χ0v) is 20.8. The first-order valence-electron chi connectivity index (χ1n) is 12.1. The van der Waals surface area contributed by atoms with E-state index >= 15 is 0 Å². The predicted octanol–water partition coefficient (Wildman–Crippen LogP) is 4.09. The summed E-state index contributed by atoms with van der Waals surface area (Å²) in [6, 6.07) is 22.0. The fraction of sp³-hybridized carbons (Fsp3) is 0.207. The second kappa shape index (κ2) is 10.2. The summed E-state index contributed by atoms with van der Waals surface area (Å²) >= 11 is 0. The van der Waals surface area contributed by atoms with Crippen LogP contribution in [0.5, 0.6) is 11.5 Å². The van der Waals surface area contributed by atoms with Crippen LogP contribution in [0.1, 0.15) is 15.9 Å². The Balaban J connectivity index is 1.35. The lowest BCUT2D eigenvalue weighted by molar-refractivity contribution is 0.0746. The molecular weight excluding hydrogens is 468 g/mol. The SMILES string of the molecule is COc1ccccc1N1CCN(C(=O)c2cccc(-c3cc(-c4ccc(O)c(C)c4)nc(=O)[nH]3)c2)CC1. The van der Waals surface area contributed by atoms with Crippen molar-refractivity contribution in [3.8, 4) is 34.0 Å². The van der Waals surface area contributed by atoms with E-state index in [2.05, 4.69) is 14.9 Å². The first-order valence-corrected chi connectivity index (χ1v) is 12.1. The second-order valence-electron chi connectivity index (χ2n) is 9.02. The number of carbonyl (C=O) groups is 1. The van der Waals surface area contributed by atoms with E-state index in [1.165, 1.54) is 0 Å². The summed E-state index contributed by atoms with van der Waals surface area (Å²) < 4.78 is 5.49. The summed E-state index contributed by atoms with van der Waals surface area (Å²) in [5.41, 5.74) is 4.30. The molecule has 4 aromatic rings. The van der Waals surface area contributed by atoms with Crippen LogP contribution in [0, 0.1) is 6.92 Å². The minimum absolute atomic E-state index is 0.0488. The van der Waals surface area contributed by atoms with Crippen LogP contribution >= 0.6 is 0 Å². The third-order valence-electron chi connectivity index (χ3n) is 6.65. The van der Waals surface area contributed by atoms with Crippen molar-refractivity contribution in [3.05, 3.63) is 94.4 Å². The highest BCUT2D eigenvalue weighted by Crippen LogP contribution is 2.29. The smallest absolute Gasteiger partial charge is 0.345 e. The van der Waals surface area contributed by atoms with Crippen molar-refractivity contribution in [1.82, 2.24) is 14.9 Å². The van der Waals surface area contributed by atoms with E-state index in [1.54, 1.807) is 50.4 Å². The summed E-state index contributed by atoms with van der Waals surface area (Å²) in [6.45, 7) is 4.39. The Morgan fingerprint density at radius 1 is 0.946 bits per heavy atom. The second-order valence-corrected chi connectivity index (χ2v) is 9.02. The zero-order chi connectivity index (χ0) is 25.9. The molecule has 0 atom stereocenters. The van der Waals surface area contributed by atoms with Gasteiger partial charge in [0.1, 0.15) is 11.5 Å². The average Bonchev–Trinajstić information content (AvgIpc) is 2.94. The Labute approximate surface area is 214 Å². The third-order valence-corrected chi connectivity index (χ3v) is 6.65. The Morgan fingerprint density at radius 2 is 1.73 bits per heavy atom. The fourth-order valence-corrected chi connectivity index (χ4v) is 4.62. The number of phenols is 1. The number of carbonyl (C=O) groups excluding carboxylic acids is 1. The number of para-hydroxylation sites is 2. The number of nitrogens with one attached hydrogen (secondary N) is 1. The van der Waals surface area contributed by atoms with Crippen LogP contribution in [0.4, 0.5) is 5.69 Å². The molecule has 0 radical (unpaired) electrons. The number of nitrogens with zero attached hydrogens (tertiary/aromatic N) is 3. The van der Waals surface area contributed by atoms with Gasteiger partial charge in [0.05, 0.1) is 24.2 Å². The van der Waals surface area contributed by atoms with Crippen molar-refractivity contribution >= 4 is 11.6 Å². The first kappa shape index (κ1) is 24.1. The van der Waals surface area contributed by atoms with Crippen molar-refractivity contribution in [2.45, 2.75) is 6.92 Å². The molecule has 1 aliphatic heterocycles. The highest BCUT2D eigenvalue weighted by atomic mass is 16.5. The van der Waals surface area contributed by atoms with Crippen LogP contribution in [0.25, 0.3) is 22.5 Å². The number of benzene rings is 3. The van der Waals surface area contributed by atoms with Gasteiger partial charge in [0.15, 0.2) is 0 Å². The molecule has 1 fully saturated rings. The molecule has 0 unspecified atom stereocenters. The van der Waals surface area contributed by atoms with Crippen molar-refractivity contribution in [2.24, 2.45) is 0 Å². The largest absolute Gasteiger partial charge is 0.508 e. The van der Waals surface area contributed by atoms with Crippen molar-refractivity contribution in [3.63, 3.8) is 0 Å². The maximum atomic E-state index is 13.3. The summed E-state index contributed by atoms with van der Waals surface area (Å²) in [5.74, 6) is 0.958. The molecular formula is C29H28N4O4. The topological polar surface area (TPSA) is 98.8 Å². The Kier molecular flexibility index (Phi) is 6.64. The van der Waals surface area contributed by atoms with E-state index in [-0.39, 0.29) is 11.7 Å². The number of anilines is 1. The molecule has 1 aromatic heterocycles. The Bertz CT molecular complexity index is 1510. The average molecular weight is 497 g/mol. The van der Waals surface area contributed by atoms with Gasteiger partial charge in [0.2, 0.25) is 0 Å². The number of rotatable bonds is 5. The monoisotopic (exact) mass is 496 g/mol. The van der Waals surface area contributed by atoms with Gasteiger partial charge in [-0.15, -0.1) is 0 Å². The summed E-state index contributed by atoms with van der Waals surface area (Å²) in [4.78, 5) is 36.7. The lowest BCUT2D eigenvalue weighted by atomic mass is 10.0. The van der Waals surface area contributed by atoms with Gasteiger partial charge in [0, 0.05) is 37.3 Å². The fourth-order valence-electron chi connectivity index (χ4n) is 4.62. The van der Waals surface area contributed by atoms with Gasteiger partial charge >= 0.3 is 5.69 Å². The number of aromatic amines is 1. The summed E-state index contributed by atoms with van der Waals surface area (Å²) in [6.07, 6.45) is 0. The number of piperazine rings is 1. The predicted molar refractivity (Wildman–Crippen MR) is 143 cm³/mol. The number of aromatic hydroxyl groups is 1. The van der Waals surface area contributed by atoms with E-state index in [4.69, 9.17) is 4.74 Å². The molecule has 1 saturated heterocycles. The third kappa shape index (κ3) is 5.04. The number of amides is 1. The highest BCUT2D eigenvalue weighted by Gasteiger charge is 2.24. The molecule has 3 aromatic carbocycles. The Morgan fingerprint density at radius 3 is 2.49 bits per heavy atom. The molecule has 5 rings (SSSR count). The molecule has 0 saturated carbocycles. The summed E-state index contributed by atoms with van der Waals surface area (Å²) in [5, 5.41) is 9.83. The quantitative estimate of drug-likeness (QED) is 0.432. The molecule has 8 nitrogen and oxygen atoms in total. The van der Waals surface area contributed by atoms with E-state index in [1.807, 2.05) is 41.3 Å². The van der Waals surface area contributed by atoms with E-state index in [0.29, 0.717) is 48.7 Å². The van der Waals surface area contributed by atoms with E-state index in [9.17, 15) is 14.7 Å². The number of phenolic OH excluding ortho intramolecular Hbond substituents is 1. The number of methoxy groups -OCH3 is 1. The molecule has 2 heterocycles. The van der Waals surface area contributed by atoms with Gasteiger partial charge in [0.25, 0.3) is 5.91 Å². The highest BCUT2D eigenvalue weighted by molar-refractivity contribution is 5.95. The van der Waals surface area contributed by atoms with Crippen LogP contribution < -0.4 is 15.3 Å². The van der Waals surface area contributed by atoms with Gasteiger partial charge in [-0.05, 0) is 66.6 Å². The molecule has 0 aliphatic carbocycles. The van der Waals surface area contributed by atoms with Crippen molar-refractivity contribution < 1.29 is 14.6 Å². The minimum atomic E-state index is -0.484. The standard InChI is InChI=1S/C29H28N4O4/c1-19-16-21(10-11-26(19)34)24-18-23(30-29(36)31-24)20-6-5-7-22(17-20)28(35)33-14-12-32(13-15-33)25-8-3-4-9-27(25)37-2/h3-11,16-18,34H,12-15H2,1-2H3,(H,30,31,36). The van der Waals surface area contributed by atoms with Crippen LogP contribution in [0.15, 0.2) is 77.6 Å². The molecule has 1 amide bonds. The van der Waals surface area contributed by atoms with Gasteiger partial charge in [-0.3, -0.25) is 4.79 Å². The van der Waals surface area contributed by atoms with Crippen molar-refractivity contribution in [2.75, 3.05) is 38.2 Å². The molecule has 37 heavy (non-hydrogen) atoms. The van der Waals surface area contributed by atoms with Crippen LogP contribution in [-0.4, -0.2) is 59.2 Å². The lowest BCUT2D eigenvalue weighted by Crippen LogP contribution is -2.48. The number of hydrogen-bond donors (Lipinski definition) is 2. The molecule has 0 bridgehead atoms. The van der Waals surface area contributed by atoms with Crippen molar-refractivity contribution in [1.29, 1.82) is 0 Å².